The monoisotopic (exact) mass is 236 g/mol. The molecule has 1 amide bonds. The van der Waals surface area contributed by atoms with Crippen LogP contribution < -0.4 is 5.32 Å². The van der Waals surface area contributed by atoms with E-state index >= 15 is 0 Å². The molecular weight excluding hydrogens is 212 g/mol. The molecule has 2 unspecified atom stereocenters. The van der Waals surface area contributed by atoms with Crippen LogP contribution in [0.3, 0.4) is 0 Å². The van der Waals surface area contributed by atoms with E-state index in [4.69, 9.17) is 0 Å². The number of carbonyl (C=O) groups excluding carboxylic acids is 1. The zero-order valence-corrected chi connectivity index (χ0v) is 11.0. The molecule has 17 heavy (non-hydrogen) atoms. The molecule has 0 bridgehead atoms. The molecule has 3 nitrogen and oxygen atoms in total. The lowest BCUT2D eigenvalue weighted by molar-refractivity contribution is -0.133. The van der Waals surface area contributed by atoms with E-state index in [1.165, 1.54) is 32.1 Å². The molecular formula is C14H24N2O. The lowest BCUT2D eigenvalue weighted by Crippen LogP contribution is -2.46. The molecule has 3 aliphatic rings. The van der Waals surface area contributed by atoms with Gasteiger partial charge in [-0.15, -0.1) is 0 Å². The Morgan fingerprint density at radius 2 is 2.00 bits per heavy atom. The van der Waals surface area contributed by atoms with E-state index in [2.05, 4.69) is 24.1 Å². The maximum atomic E-state index is 12.4. The Morgan fingerprint density at radius 1 is 1.24 bits per heavy atom. The van der Waals surface area contributed by atoms with Crippen molar-refractivity contribution < 1.29 is 4.79 Å². The smallest absolute Gasteiger partial charge is 0.240 e. The molecule has 1 heterocycles. The maximum absolute atomic E-state index is 12.4. The van der Waals surface area contributed by atoms with Gasteiger partial charge in [0.05, 0.1) is 6.04 Å². The van der Waals surface area contributed by atoms with Gasteiger partial charge in [-0.05, 0) is 37.5 Å². The van der Waals surface area contributed by atoms with E-state index in [1.807, 2.05) is 0 Å². The highest BCUT2D eigenvalue weighted by atomic mass is 16.2. The Kier molecular flexibility index (Phi) is 2.69. The van der Waals surface area contributed by atoms with Crippen molar-refractivity contribution in [2.24, 2.45) is 5.41 Å². The lowest BCUT2D eigenvalue weighted by atomic mass is 9.86. The molecule has 0 radical (unpaired) electrons. The van der Waals surface area contributed by atoms with Crippen LogP contribution in [0.25, 0.3) is 0 Å². The van der Waals surface area contributed by atoms with Crippen molar-refractivity contribution in [2.45, 2.75) is 70.5 Å². The number of nitrogens with one attached hydrogen (secondary N) is 1. The van der Waals surface area contributed by atoms with E-state index in [0.717, 1.165) is 13.0 Å². The summed E-state index contributed by atoms with van der Waals surface area (Å²) in [6.45, 7) is 5.61. The van der Waals surface area contributed by atoms with Gasteiger partial charge in [-0.1, -0.05) is 20.3 Å². The molecule has 2 atom stereocenters. The second-order valence-electron chi connectivity index (χ2n) is 6.71. The Bertz CT molecular complexity index is 322. The van der Waals surface area contributed by atoms with Gasteiger partial charge in [-0.3, -0.25) is 4.79 Å². The number of carbonyl (C=O) groups is 1. The van der Waals surface area contributed by atoms with Gasteiger partial charge in [0.2, 0.25) is 5.91 Å². The minimum Gasteiger partial charge on any atom is -0.338 e. The highest BCUT2D eigenvalue weighted by Gasteiger charge is 2.45. The maximum Gasteiger partial charge on any atom is 0.240 e. The first-order valence-electron chi connectivity index (χ1n) is 7.14. The summed E-state index contributed by atoms with van der Waals surface area (Å²) in [5.74, 6) is 0.372. The first-order valence-corrected chi connectivity index (χ1v) is 7.14. The van der Waals surface area contributed by atoms with Crippen LogP contribution in [0.5, 0.6) is 0 Å². The normalized spacial score (nSPS) is 36.8. The molecule has 3 fully saturated rings. The summed E-state index contributed by atoms with van der Waals surface area (Å²) in [5, 5.41) is 3.49. The number of hydrogen-bond donors (Lipinski definition) is 1. The SMILES string of the molecule is CC1(C)CCCC1N1CCC(NC2CC2)C1=O. The zero-order chi connectivity index (χ0) is 12.0. The van der Waals surface area contributed by atoms with Crippen molar-refractivity contribution >= 4 is 5.91 Å². The third-order valence-corrected chi connectivity index (χ3v) is 4.83. The van der Waals surface area contributed by atoms with Crippen LogP contribution in [0.1, 0.15) is 52.4 Å². The van der Waals surface area contributed by atoms with E-state index in [0.29, 0.717) is 23.4 Å². The predicted octanol–water partition coefficient (Wildman–Crippen LogP) is 1.92. The summed E-state index contributed by atoms with van der Waals surface area (Å²) in [6.07, 6.45) is 7.29. The van der Waals surface area contributed by atoms with Gasteiger partial charge < -0.3 is 10.2 Å². The molecule has 96 valence electrons. The Labute approximate surface area is 104 Å². The topological polar surface area (TPSA) is 32.3 Å². The Hall–Kier alpha value is -0.570. The van der Waals surface area contributed by atoms with Crippen LogP contribution in [0.4, 0.5) is 0 Å². The van der Waals surface area contributed by atoms with Crippen molar-refractivity contribution in [3.63, 3.8) is 0 Å². The number of likely N-dealkylation sites (tertiary alicyclic amines) is 1. The lowest BCUT2D eigenvalue weighted by Gasteiger charge is -2.35. The van der Waals surface area contributed by atoms with Gasteiger partial charge in [-0.2, -0.15) is 0 Å². The third-order valence-electron chi connectivity index (χ3n) is 4.83. The third kappa shape index (κ3) is 2.10. The van der Waals surface area contributed by atoms with Gasteiger partial charge in [0, 0.05) is 18.6 Å². The van der Waals surface area contributed by atoms with Crippen LogP contribution in [0.15, 0.2) is 0 Å². The van der Waals surface area contributed by atoms with Crippen molar-refractivity contribution in [3.05, 3.63) is 0 Å². The first kappa shape index (κ1) is 11.5. The molecule has 0 aromatic heterocycles. The van der Waals surface area contributed by atoms with Crippen LogP contribution in [0, 0.1) is 5.41 Å². The fourth-order valence-electron chi connectivity index (χ4n) is 3.59. The van der Waals surface area contributed by atoms with E-state index in [-0.39, 0.29) is 6.04 Å². The van der Waals surface area contributed by atoms with Gasteiger partial charge in [0.1, 0.15) is 0 Å². The van der Waals surface area contributed by atoms with Crippen LogP contribution in [-0.4, -0.2) is 35.5 Å². The molecule has 3 rings (SSSR count). The summed E-state index contributed by atoms with van der Waals surface area (Å²) in [7, 11) is 0. The highest BCUT2D eigenvalue weighted by Crippen LogP contribution is 2.42. The molecule has 1 aliphatic heterocycles. The average molecular weight is 236 g/mol. The molecule has 2 aliphatic carbocycles. The van der Waals surface area contributed by atoms with Crippen LogP contribution in [-0.2, 0) is 4.79 Å². The second-order valence-corrected chi connectivity index (χ2v) is 6.71. The van der Waals surface area contributed by atoms with Gasteiger partial charge in [0.15, 0.2) is 0 Å². The number of amides is 1. The summed E-state index contributed by atoms with van der Waals surface area (Å²) in [4.78, 5) is 14.6. The number of rotatable bonds is 3. The minimum absolute atomic E-state index is 0.124. The molecule has 0 aromatic carbocycles. The second kappa shape index (κ2) is 3.98. The summed E-state index contributed by atoms with van der Waals surface area (Å²) in [5.41, 5.74) is 0.324. The van der Waals surface area contributed by atoms with Crippen molar-refractivity contribution in [3.8, 4) is 0 Å². The fraction of sp³-hybridized carbons (Fsp3) is 0.929. The summed E-state index contributed by atoms with van der Waals surface area (Å²) in [6, 6.07) is 1.25. The molecule has 1 N–H and O–H groups in total. The standard InChI is InChI=1S/C14H24N2O/c1-14(2)8-3-4-12(14)16-9-7-11(13(16)17)15-10-5-6-10/h10-12,15H,3-9H2,1-2H3. The van der Waals surface area contributed by atoms with Crippen molar-refractivity contribution in [1.29, 1.82) is 0 Å². The molecule has 0 aromatic rings. The van der Waals surface area contributed by atoms with E-state index in [9.17, 15) is 4.79 Å². The molecule has 1 saturated heterocycles. The molecule has 3 heteroatoms. The van der Waals surface area contributed by atoms with Crippen molar-refractivity contribution in [2.75, 3.05) is 6.54 Å². The van der Waals surface area contributed by atoms with Gasteiger partial charge in [0.25, 0.3) is 0 Å². The quantitative estimate of drug-likeness (QED) is 0.812. The summed E-state index contributed by atoms with van der Waals surface area (Å²) < 4.78 is 0. The minimum atomic E-state index is 0.124. The zero-order valence-electron chi connectivity index (χ0n) is 11.0. The Morgan fingerprint density at radius 3 is 2.59 bits per heavy atom. The van der Waals surface area contributed by atoms with E-state index in [1.54, 1.807) is 0 Å². The predicted molar refractivity (Wildman–Crippen MR) is 67.7 cm³/mol. The van der Waals surface area contributed by atoms with Crippen LogP contribution in [0.2, 0.25) is 0 Å². The highest BCUT2D eigenvalue weighted by molar-refractivity contribution is 5.84. The molecule has 2 saturated carbocycles. The fourth-order valence-corrected chi connectivity index (χ4v) is 3.59. The summed E-state index contributed by atoms with van der Waals surface area (Å²) >= 11 is 0. The number of hydrogen-bond acceptors (Lipinski definition) is 2. The van der Waals surface area contributed by atoms with Gasteiger partial charge >= 0.3 is 0 Å². The van der Waals surface area contributed by atoms with Crippen LogP contribution >= 0.6 is 0 Å². The largest absolute Gasteiger partial charge is 0.338 e. The van der Waals surface area contributed by atoms with E-state index < -0.39 is 0 Å². The molecule has 0 spiro atoms. The number of nitrogens with zero attached hydrogens (tertiary/aromatic N) is 1. The van der Waals surface area contributed by atoms with Crippen molar-refractivity contribution in [1.82, 2.24) is 10.2 Å². The Balaban J connectivity index is 1.66. The van der Waals surface area contributed by atoms with Gasteiger partial charge in [-0.25, -0.2) is 0 Å². The average Bonchev–Trinajstić information content (AvgIpc) is 2.92. The first-order chi connectivity index (χ1) is 8.08.